The lowest BCUT2D eigenvalue weighted by atomic mass is 9.96. The number of hydrogen-bond acceptors (Lipinski definition) is 9. The van der Waals surface area contributed by atoms with Gasteiger partial charge in [0, 0.05) is 25.0 Å². The van der Waals surface area contributed by atoms with Gasteiger partial charge < -0.3 is 19.9 Å². The van der Waals surface area contributed by atoms with Crippen LogP contribution < -0.4 is 16.1 Å². The van der Waals surface area contributed by atoms with Crippen LogP contribution in [0.1, 0.15) is 64.8 Å². The third-order valence-electron chi connectivity index (χ3n) is 8.00. The van der Waals surface area contributed by atoms with E-state index < -0.39 is 48.3 Å². The number of aliphatic hydroxyl groups is 1. The minimum Gasteiger partial charge on any atom is -0.455 e. The van der Waals surface area contributed by atoms with Crippen molar-refractivity contribution in [3.63, 3.8) is 0 Å². The molecule has 7 atom stereocenters. The molecule has 2 aliphatic rings. The fourth-order valence-corrected chi connectivity index (χ4v) is 5.27. The van der Waals surface area contributed by atoms with Gasteiger partial charge in [0.1, 0.15) is 24.4 Å². The molecular weight excluding hydrogens is 538 g/mol. The first-order chi connectivity index (χ1) is 20.0. The molecule has 3 heterocycles. The highest BCUT2D eigenvalue weighted by Gasteiger charge is 2.35. The normalized spacial score (nSPS) is 29.0. The summed E-state index contributed by atoms with van der Waals surface area (Å²) in [5, 5.41) is 19.4. The maximum Gasteiger partial charge on any atom is 0.325 e. The highest BCUT2D eigenvalue weighted by Crippen LogP contribution is 2.23. The third kappa shape index (κ3) is 7.33. The lowest BCUT2D eigenvalue weighted by molar-refractivity contribution is -0.157. The molecular formula is C31H43N5O6. The van der Waals surface area contributed by atoms with E-state index in [1.165, 1.54) is 5.01 Å². The largest absolute Gasteiger partial charge is 0.455 e. The van der Waals surface area contributed by atoms with Crippen LogP contribution in [0, 0.1) is 11.8 Å². The topological polar surface area (TPSA) is 142 Å². The molecule has 11 nitrogen and oxygen atoms in total. The van der Waals surface area contributed by atoms with Gasteiger partial charge in [0.05, 0.1) is 23.4 Å². The molecule has 0 aliphatic carbocycles. The van der Waals surface area contributed by atoms with Crippen LogP contribution in [-0.4, -0.2) is 77.0 Å². The van der Waals surface area contributed by atoms with E-state index in [2.05, 4.69) is 16.1 Å². The van der Waals surface area contributed by atoms with Crippen molar-refractivity contribution in [2.75, 3.05) is 13.7 Å². The number of pyridine rings is 1. The molecule has 1 aromatic carbocycles. The standard InChI is InChI=1S/C31H43N5O6/c1-17(2)27-29(38)32-18(3)30(39)36-15-7-8-25(35-36)31(40)42-20(5)24-14-12-22-11-9-21(16-26(22)33-24)10-13-23(19(4)41-6)28(37)34-27/h9-14,16-20,23,25,27-28,34-35,37H,7-8,15H2,1-6H3,(H,32,38). The summed E-state index contributed by atoms with van der Waals surface area (Å²) in [6.45, 7) is 9.34. The zero-order valence-corrected chi connectivity index (χ0v) is 25.2. The van der Waals surface area contributed by atoms with Crippen LogP contribution >= 0.6 is 0 Å². The number of benzene rings is 1. The number of fused-ring (bicyclic) bond motifs is 4. The highest BCUT2D eigenvalue weighted by atomic mass is 16.5. The van der Waals surface area contributed by atoms with Gasteiger partial charge in [0.2, 0.25) is 5.91 Å². The zero-order valence-electron chi connectivity index (χ0n) is 25.2. The van der Waals surface area contributed by atoms with E-state index in [4.69, 9.17) is 14.5 Å². The zero-order chi connectivity index (χ0) is 30.6. The number of amides is 2. The van der Waals surface area contributed by atoms with E-state index in [1.54, 1.807) is 21.0 Å². The molecule has 7 unspecified atom stereocenters. The molecule has 2 amide bonds. The number of hydrazine groups is 1. The first-order valence-electron chi connectivity index (χ1n) is 14.6. The molecule has 2 aliphatic heterocycles. The maximum absolute atomic E-state index is 13.3. The molecule has 4 N–H and O–H groups in total. The van der Waals surface area contributed by atoms with Gasteiger partial charge in [-0.2, -0.15) is 0 Å². The fourth-order valence-electron chi connectivity index (χ4n) is 5.27. The number of rotatable bonds is 3. The van der Waals surface area contributed by atoms with Crippen molar-refractivity contribution in [2.45, 2.75) is 84.0 Å². The summed E-state index contributed by atoms with van der Waals surface area (Å²) < 4.78 is 11.3. The van der Waals surface area contributed by atoms with Crippen molar-refractivity contribution in [2.24, 2.45) is 11.8 Å². The van der Waals surface area contributed by atoms with Gasteiger partial charge >= 0.3 is 5.97 Å². The summed E-state index contributed by atoms with van der Waals surface area (Å²) in [6, 6.07) is 7.25. The average molecular weight is 582 g/mol. The lowest BCUT2D eigenvalue weighted by Crippen LogP contribution is -2.61. The molecule has 1 aromatic heterocycles. The Labute approximate surface area is 247 Å². The Kier molecular flexibility index (Phi) is 10.3. The molecule has 0 radical (unpaired) electrons. The minimum atomic E-state index is -1.12. The monoisotopic (exact) mass is 581 g/mol. The summed E-state index contributed by atoms with van der Waals surface area (Å²) in [5.74, 6) is -1.95. The molecule has 228 valence electrons. The smallest absolute Gasteiger partial charge is 0.325 e. The molecule has 42 heavy (non-hydrogen) atoms. The molecule has 2 aromatic rings. The van der Waals surface area contributed by atoms with E-state index in [0.717, 1.165) is 16.5 Å². The minimum absolute atomic E-state index is 0.193. The second-order valence-electron chi connectivity index (χ2n) is 11.5. The number of esters is 1. The van der Waals surface area contributed by atoms with Gasteiger partial charge in [-0.05, 0) is 57.2 Å². The molecule has 0 spiro atoms. The lowest BCUT2D eigenvalue weighted by Gasteiger charge is -2.35. The maximum atomic E-state index is 13.3. The molecule has 11 heteroatoms. The number of nitrogens with one attached hydrogen (secondary N) is 3. The Morgan fingerprint density at radius 1 is 1.12 bits per heavy atom. The van der Waals surface area contributed by atoms with Crippen molar-refractivity contribution in [3.05, 3.63) is 47.7 Å². The summed E-state index contributed by atoms with van der Waals surface area (Å²) in [6.07, 6.45) is 2.74. The number of methoxy groups -OCH3 is 1. The Hall–Kier alpha value is -3.38. The average Bonchev–Trinajstić information content (AvgIpc) is 2.98. The first kappa shape index (κ1) is 31.6. The van der Waals surface area contributed by atoms with Gasteiger partial charge in [-0.15, -0.1) is 0 Å². The van der Waals surface area contributed by atoms with Crippen molar-refractivity contribution < 1.29 is 29.0 Å². The predicted octanol–water partition coefficient (Wildman–Crippen LogP) is 2.45. The first-order valence-corrected chi connectivity index (χ1v) is 14.6. The van der Waals surface area contributed by atoms with E-state index >= 15 is 0 Å². The summed E-state index contributed by atoms with van der Waals surface area (Å²) in [4.78, 5) is 44.5. The summed E-state index contributed by atoms with van der Waals surface area (Å²) in [5.41, 5.74) is 5.19. The molecule has 0 saturated carbocycles. The molecule has 5 bridgehead atoms. The van der Waals surface area contributed by atoms with Crippen LogP contribution in [-0.2, 0) is 23.9 Å². The summed E-state index contributed by atoms with van der Waals surface area (Å²) in [7, 11) is 1.57. The van der Waals surface area contributed by atoms with Crippen molar-refractivity contribution >= 4 is 34.8 Å². The Morgan fingerprint density at radius 2 is 1.86 bits per heavy atom. The van der Waals surface area contributed by atoms with Gasteiger partial charge in [0.25, 0.3) is 5.91 Å². The highest BCUT2D eigenvalue weighted by molar-refractivity contribution is 5.90. The summed E-state index contributed by atoms with van der Waals surface area (Å²) >= 11 is 0. The molecule has 4 rings (SSSR count). The van der Waals surface area contributed by atoms with E-state index in [0.29, 0.717) is 25.1 Å². The quantitative estimate of drug-likeness (QED) is 0.402. The van der Waals surface area contributed by atoms with E-state index in [1.807, 2.05) is 63.3 Å². The number of ether oxygens (including phenoxy) is 2. The Morgan fingerprint density at radius 3 is 2.57 bits per heavy atom. The Bertz CT molecular complexity index is 1320. The van der Waals surface area contributed by atoms with Gasteiger partial charge in [-0.25, -0.2) is 10.4 Å². The fraction of sp³-hybridized carbons (Fsp3) is 0.548. The predicted molar refractivity (Wildman–Crippen MR) is 158 cm³/mol. The van der Waals surface area contributed by atoms with Crippen LogP contribution in [0.4, 0.5) is 0 Å². The number of carbonyl (C=O) groups is 3. The van der Waals surface area contributed by atoms with Crippen molar-refractivity contribution in [1.82, 2.24) is 26.1 Å². The number of hydrogen-bond donors (Lipinski definition) is 4. The van der Waals surface area contributed by atoms with Crippen molar-refractivity contribution in [3.8, 4) is 0 Å². The van der Waals surface area contributed by atoms with Crippen LogP contribution in [0.3, 0.4) is 0 Å². The van der Waals surface area contributed by atoms with Crippen LogP contribution in [0.15, 0.2) is 36.4 Å². The van der Waals surface area contributed by atoms with Crippen LogP contribution in [0.5, 0.6) is 0 Å². The van der Waals surface area contributed by atoms with Gasteiger partial charge in [-0.3, -0.25) is 24.7 Å². The number of nitrogens with zero attached hydrogens (tertiary/aromatic N) is 2. The SMILES string of the molecule is COC(C)C1C=Cc2ccc3ccc(nc3c2)C(C)OC(=O)C2CCCN(N2)C(=O)C(C)NC(=O)C(C(C)C)NC1O. The van der Waals surface area contributed by atoms with Crippen molar-refractivity contribution in [1.29, 1.82) is 0 Å². The number of aliphatic hydroxyl groups excluding tert-OH is 1. The van der Waals surface area contributed by atoms with Crippen LogP contribution in [0.25, 0.3) is 17.0 Å². The van der Waals surface area contributed by atoms with E-state index in [-0.39, 0.29) is 17.9 Å². The Balaban J connectivity index is 1.72. The number of carbonyl (C=O) groups excluding carboxylic acids is 3. The van der Waals surface area contributed by atoms with Crippen LogP contribution in [0.2, 0.25) is 0 Å². The second kappa shape index (κ2) is 13.7. The van der Waals surface area contributed by atoms with Gasteiger partial charge in [0.15, 0.2) is 0 Å². The third-order valence-corrected chi connectivity index (χ3v) is 8.00. The molecule has 1 saturated heterocycles. The number of aromatic nitrogens is 1. The molecule has 1 fully saturated rings. The second-order valence-corrected chi connectivity index (χ2v) is 11.5. The van der Waals surface area contributed by atoms with E-state index in [9.17, 15) is 19.5 Å². The number of cyclic esters (lactones) is 1. The van der Waals surface area contributed by atoms with Gasteiger partial charge in [-0.1, -0.05) is 44.2 Å².